The SMILES string of the molecule is CC(C)CCCCCCCCCCCCC(=O)OC[C@@H](COC(=O)CCCCCCCCCCC(C)C)OC(=O)CCCCCCCCCC(C)C. The molecule has 0 N–H and O–H groups in total. The molecule has 0 aromatic carbocycles. The molecule has 0 radical (unpaired) electrons. The van der Waals surface area contributed by atoms with Gasteiger partial charge < -0.3 is 14.2 Å². The van der Waals surface area contributed by atoms with E-state index in [0.29, 0.717) is 19.3 Å². The van der Waals surface area contributed by atoms with Crippen molar-refractivity contribution in [1.29, 1.82) is 0 Å². The van der Waals surface area contributed by atoms with E-state index < -0.39 is 6.10 Å². The number of rotatable bonds is 39. The lowest BCUT2D eigenvalue weighted by atomic mass is 10.0. The van der Waals surface area contributed by atoms with Gasteiger partial charge in [-0.2, -0.15) is 0 Å². The second-order valence-electron chi connectivity index (χ2n) is 17.1. The molecule has 6 nitrogen and oxygen atoms in total. The summed E-state index contributed by atoms with van der Waals surface area (Å²) in [6, 6.07) is 0. The summed E-state index contributed by atoms with van der Waals surface area (Å²) >= 11 is 0. The highest BCUT2D eigenvalue weighted by atomic mass is 16.6. The van der Waals surface area contributed by atoms with Gasteiger partial charge in [0, 0.05) is 19.3 Å². The standard InChI is InChI=1S/C46H88O6/c1-40(2)32-26-20-14-9-7-8-10-17-23-29-35-44(47)50-38-43(52-46(49)37-31-25-19-13-16-22-28-34-42(5)6)39-51-45(48)36-30-24-18-12-11-15-21-27-33-41(3)4/h40-43H,7-39H2,1-6H3/t43-/m0/s1. The Bertz CT molecular complexity index is 807. The molecule has 0 aromatic rings. The van der Waals surface area contributed by atoms with Crippen LogP contribution in [0.4, 0.5) is 0 Å². The van der Waals surface area contributed by atoms with Crippen LogP contribution in [0.2, 0.25) is 0 Å². The van der Waals surface area contributed by atoms with E-state index in [0.717, 1.165) is 75.5 Å². The zero-order valence-corrected chi connectivity index (χ0v) is 35.6. The molecule has 0 aliphatic heterocycles. The summed E-state index contributed by atoms with van der Waals surface area (Å²) < 4.78 is 16.7. The molecule has 0 aliphatic rings. The summed E-state index contributed by atoms with van der Waals surface area (Å²) in [4.78, 5) is 37.7. The maximum atomic E-state index is 12.7. The summed E-state index contributed by atoms with van der Waals surface area (Å²) in [5.41, 5.74) is 0. The number of carbonyl (C=O) groups is 3. The van der Waals surface area contributed by atoms with Crippen molar-refractivity contribution < 1.29 is 28.6 Å². The van der Waals surface area contributed by atoms with Crippen LogP contribution in [0.1, 0.15) is 241 Å². The molecular weight excluding hydrogens is 648 g/mol. The third-order valence-corrected chi connectivity index (χ3v) is 10.1. The first-order valence-electron chi connectivity index (χ1n) is 22.6. The van der Waals surface area contributed by atoms with Gasteiger partial charge in [-0.1, -0.05) is 202 Å². The van der Waals surface area contributed by atoms with Crippen LogP contribution in [0.5, 0.6) is 0 Å². The van der Waals surface area contributed by atoms with E-state index in [9.17, 15) is 14.4 Å². The van der Waals surface area contributed by atoms with Gasteiger partial charge in [-0.05, 0) is 37.0 Å². The predicted molar refractivity (Wildman–Crippen MR) is 219 cm³/mol. The predicted octanol–water partition coefficient (Wildman–Crippen LogP) is 14.0. The first-order valence-corrected chi connectivity index (χ1v) is 22.6. The summed E-state index contributed by atoms with van der Waals surface area (Å²) in [5, 5.41) is 0. The Morgan fingerprint density at radius 2 is 0.558 bits per heavy atom. The average Bonchev–Trinajstić information content (AvgIpc) is 3.09. The third kappa shape index (κ3) is 39.6. The van der Waals surface area contributed by atoms with Crippen LogP contribution < -0.4 is 0 Å². The van der Waals surface area contributed by atoms with E-state index >= 15 is 0 Å². The van der Waals surface area contributed by atoms with Crippen molar-refractivity contribution >= 4 is 17.9 Å². The molecule has 308 valence electrons. The molecule has 0 bridgehead atoms. The quantitative estimate of drug-likeness (QED) is 0.0355. The van der Waals surface area contributed by atoms with Crippen LogP contribution >= 0.6 is 0 Å². The molecule has 0 heterocycles. The van der Waals surface area contributed by atoms with Gasteiger partial charge in [-0.15, -0.1) is 0 Å². The van der Waals surface area contributed by atoms with Gasteiger partial charge in [0.05, 0.1) is 0 Å². The molecule has 0 saturated carbocycles. The van der Waals surface area contributed by atoms with Gasteiger partial charge >= 0.3 is 17.9 Å². The van der Waals surface area contributed by atoms with Crippen molar-refractivity contribution in [3.63, 3.8) is 0 Å². The molecule has 52 heavy (non-hydrogen) atoms. The second-order valence-corrected chi connectivity index (χ2v) is 17.1. The maximum Gasteiger partial charge on any atom is 0.306 e. The van der Waals surface area contributed by atoms with Crippen LogP contribution in [0.3, 0.4) is 0 Å². The highest BCUT2D eigenvalue weighted by Gasteiger charge is 2.19. The summed E-state index contributed by atoms with van der Waals surface area (Å²) in [7, 11) is 0. The average molecular weight is 737 g/mol. The molecule has 0 aliphatic carbocycles. The van der Waals surface area contributed by atoms with Crippen LogP contribution in [0.25, 0.3) is 0 Å². The largest absolute Gasteiger partial charge is 0.462 e. The molecule has 0 fully saturated rings. The van der Waals surface area contributed by atoms with Gasteiger partial charge in [0.15, 0.2) is 6.10 Å². The van der Waals surface area contributed by atoms with E-state index in [1.807, 2.05) is 0 Å². The van der Waals surface area contributed by atoms with E-state index in [2.05, 4.69) is 41.5 Å². The summed E-state index contributed by atoms with van der Waals surface area (Å²) in [6.07, 6.45) is 33.9. The van der Waals surface area contributed by atoms with Gasteiger partial charge in [0.2, 0.25) is 0 Å². The smallest absolute Gasteiger partial charge is 0.306 e. The number of esters is 3. The van der Waals surface area contributed by atoms with Gasteiger partial charge in [0.1, 0.15) is 13.2 Å². The minimum Gasteiger partial charge on any atom is -0.462 e. The molecular formula is C46H88O6. The molecule has 0 aromatic heterocycles. The van der Waals surface area contributed by atoms with Crippen molar-refractivity contribution in [2.45, 2.75) is 247 Å². The lowest BCUT2D eigenvalue weighted by Gasteiger charge is -2.18. The van der Waals surface area contributed by atoms with Crippen molar-refractivity contribution in [2.24, 2.45) is 17.8 Å². The molecule has 0 amide bonds. The molecule has 6 heteroatoms. The highest BCUT2D eigenvalue weighted by Crippen LogP contribution is 2.16. The highest BCUT2D eigenvalue weighted by molar-refractivity contribution is 5.71. The fourth-order valence-electron chi connectivity index (χ4n) is 6.70. The van der Waals surface area contributed by atoms with Crippen molar-refractivity contribution in [3.05, 3.63) is 0 Å². The molecule has 0 spiro atoms. The van der Waals surface area contributed by atoms with E-state index in [1.54, 1.807) is 0 Å². The fourth-order valence-corrected chi connectivity index (χ4v) is 6.70. The Labute approximate surface area is 323 Å². The lowest BCUT2D eigenvalue weighted by molar-refractivity contribution is -0.167. The Morgan fingerprint density at radius 1 is 0.327 bits per heavy atom. The van der Waals surface area contributed by atoms with Crippen LogP contribution in [0, 0.1) is 17.8 Å². The van der Waals surface area contributed by atoms with Gasteiger partial charge in [-0.25, -0.2) is 0 Å². The molecule has 0 rings (SSSR count). The van der Waals surface area contributed by atoms with Crippen molar-refractivity contribution in [2.75, 3.05) is 13.2 Å². The number of ether oxygens (including phenoxy) is 3. The van der Waals surface area contributed by atoms with Gasteiger partial charge in [-0.3, -0.25) is 14.4 Å². The Morgan fingerprint density at radius 3 is 0.827 bits per heavy atom. The first kappa shape index (κ1) is 50.4. The number of carbonyl (C=O) groups excluding carboxylic acids is 3. The molecule has 1 atom stereocenters. The van der Waals surface area contributed by atoms with Crippen molar-refractivity contribution in [1.82, 2.24) is 0 Å². The van der Waals surface area contributed by atoms with Gasteiger partial charge in [0.25, 0.3) is 0 Å². The van der Waals surface area contributed by atoms with E-state index in [-0.39, 0.29) is 31.1 Å². The Balaban J connectivity index is 4.33. The van der Waals surface area contributed by atoms with E-state index in [4.69, 9.17) is 14.2 Å². The number of hydrogen-bond acceptors (Lipinski definition) is 6. The maximum absolute atomic E-state index is 12.7. The third-order valence-electron chi connectivity index (χ3n) is 10.1. The zero-order valence-electron chi connectivity index (χ0n) is 35.6. The van der Waals surface area contributed by atoms with Crippen LogP contribution in [0.15, 0.2) is 0 Å². The Kier molecular flexibility index (Phi) is 36.6. The van der Waals surface area contributed by atoms with E-state index in [1.165, 1.54) is 122 Å². The topological polar surface area (TPSA) is 78.9 Å². The molecule has 0 unspecified atom stereocenters. The summed E-state index contributed by atoms with van der Waals surface area (Å²) in [5.74, 6) is 1.53. The van der Waals surface area contributed by atoms with Crippen LogP contribution in [-0.4, -0.2) is 37.2 Å². The van der Waals surface area contributed by atoms with Crippen molar-refractivity contribution in [3.8, 4) is 0 Å². The molecule has 0 saturated heterocycles. The van der Waals surface area contributed by atoms with Crippen LogP contribution in [-0.2, 0) is 28.6 Å². The monoisotopic (exact) mass is 737 g/mol. The first-order chi connectivity index (χ1) is 25.1. The fraction of sp³-hybridized carbons (Fsp3) is 0.935. The number of unbranched alkanes of at least 4 members (excludes halogenated alkanes) is 22. The minimum absolute atomic E-state index is 0.0669. The Hall–Kier alpha value is -1.59. The lowest BCUT2D eigenvalue weighted by Crippen LogP contribution is -2.30. The summed E-state index contributed by atoms with van der Waals surface area (Å²) in [6.45, 7) is 13.6. The second kappa shape index (κ2) is 37.7. The number of hydrogen-bond donors (Lipinski definition) is 0. The minimum atomic E-state index is -0.762. The zero-order chi connectivity index (χ0) is 38.5. The normalized spacial score (nSPS) is 12.2.